The lowest BCUT2D eigenvalue weighted by Gasteiger charge is -2.22. The summed E-state index contributed by atoms with van der Waals surface area (Å²) >= 11 is 0. The Kier molecular flexibility index (Phi) is 8.25. The third-order valence-electron chi connectivity index (χ3n) is 3.80. The summed E-state index contributed by atoms with van der Waals surface area (Å²) in [5.74, 6) is 0.788. The topological polar surface area (TPSA) is 59.0 Å². The summed E-state index contributed by atoms with van der Waals surface area (Å²) < 4.78 is 17.3. The first kappa shape index (κ1) is 20.0. The van der Waals surface area contributed by atoms with Crippen LogP contribution in [0.25, 0.3) is 0 Å². The largest absolute Gasteiger partial charge is 0.491 e. The van der Waals surface area contributed by atoms with Gasteiger partial charge in [-0.3, -0.25) is 0 Å². The van der Waals surface area contributed by atoms with E-state index in [1.165, 1.54) is 0 Å². The molecule has 128 valence electrons. The third kappa shape index (κ3) is 5.52. The van der Waals surface area contributed by atoms with Gasteiger partial charge in [-0.15, -0.1) is 12.4 Å². The van der Waals surface area contributed by atoms with Gasteiger partial charge in [-0.25, -0.2) is 4.39 Å². The van der Waals surface area contributed by atoms with Gasteiger partial charge in [0.2, 0.25) is 0 Å². The van der Waals surface area contributed by atoms with Crippen molar-refractivity contribution in [3.63, 3.8) is 0 Å². The molecule has 0 aromatic heterocycles. The average Bonchev–Trinajstić information content (AvgIpc) is 2.58. The maximum Gasteiger partial charge on any atom is 0.123 e. The molecule has 0 aliphatic heterocycles. The summed E-state index contributed by atoms with van der Waals surface area (Å²) in [4.78, 5) is 0. The number of rotatable bonds is 7. The van der Waals surface area contributed by atoms with Crippen molar-refractivity contribution in [2.24, 2.45) is 5.73 Å². The van der Waals surface area contributed by atoms with Gasteiger partial charge in [0.25, 0.3) is 0 Å². The van der Waals surface area contributed by atoms with Crippen molar-refractivity contribution in [2.45, 2.75) is 25.3 Å². The number of ether oxygens (including phenoxy) is 1. The Morgan fingerprint density at radius 1 is 1.21 bits per heavy atom. The van der Waals surface area contributed by atoms with Crippen LogP contribution in [0.15, 0.2) is 48.5 Å². The second-order valence-electron chi connectivity index (χ2n) is 5.59. The number of nitriles is 1. The van der Waals surface area contributed by atoms with Gasteiger partial charge >= 0.3 is 0 Å². The van der Waals surface area contributed by atoms with Crippen LogP contribution < -0.4 is 10.5 Å². The highest BCUT2D eigenvalue weighted by atomic mass is 35.5. The summed E-state index contributed by atoms with van der Waals surface area (Å²) in [5.41, 5.74) is 8.99. The van der Waals surface area contributed by atoms with Crippen LogP contribution in [0.4, 0.5) is 4.39 Å². The van der Waals surface area contributed by atoms with Crippen molar-refractivity contribution >= 4 is 12.4 Å². The number of halogens is 2. The first-order valence-electron chi connectivity index (χ1n) is 7.67. The Bertz CT molecular complexity index is 668. The summed E-state index contributed by atoms with van der Waals surface area (Å²) in [5, 5.41) is 9.05. The second-order valence-corrected chi connectivity index (χ2v) is 5.59. The molecule has 2 N–H and O–H groups in total. The van der Waals surface area contributed by atoms with E-state index in [2.05, 4.69) is 6.07 Å². The molecule has 24 heavy (non-hydrogen) atoms. The summed E-state index contributed by atoms with van der Waals surface area (Å²) in [6, 6.07) is 17.3. The number of hydrogen-bond acceptors (Lipinski definition) is 3. The van der Waals surface area contributed by atoms with Crippen molar-refractivity contribution in [1.82, 2.24) is 0 Å². The highest BCUT2D eigenvalue weighted by molar-refractivity contribution is 5.85. The molecule has 0 radical (unpaired) electrons. The SMILES string of the molecule is C[C@H](N)[C@@H](Cc1ccc(OCCF)cc1)c1cccc(C#N)c1.Cl. The smallest absolute Gasteiger partial charge is 0.123 e. The molecule has 0 bridgehead atoms. The van der Waals surface area contributed by atoms with E-state index in [1.807, 2.05) is 49.4 Å². The van der Waals surface area contributed by atoms with Gasteiger partial charge in [-0.1, -0.05) is 24.3 Å². The first-order valence-corrected chi connectivity index (χ1v) is 7.67. The zero-order valence-corrected chi connectivity index (χ0v) is 14.4. The molecule has 2 atom stereocenters. The second kappa shape index (κ2) is 9.92. The van der Waals surface area contributed by atoms with Gasteiger partial charge in [-0.05, 0) is 48.7 Å². The Morgan fingerprint density at radius 2 is 1.92 bits per heavy atom. The standard InChI is InChI=1S/C19H21FN2O.ClH/c1-14(22)19(17-4-2-3-16(11-17)13-21)12-15-5-7-18(8-6-15)23-10-9-20;/h2-8,11,14,19H,9-10,12,22H2,1H3;1H/t14-,19+;/m0./s1. The fraction of sp³-hybridized carbons (Fsp3) is 0.316. The predicted octanol–water partition coefficient (Wildman–Crippen LogP) is 4.00. The van der Waals surface area contributed by atoms with Gasteiger partial charge in [-0.2, -0.15) is 5.26 Å². The normalized spacial score (nSPS) is 12.6. The Hall–Kier alpha value is -2.09. The molecule has 0 unspecified atom stereocenters. The monoisotopic (exact) mass is 348 g/mol. The van der Waals surface area contributed by atoms with E-state index in [9.17, 15) is 4.39 Å². The number of alkyl halides is 1. The summed E-state index contributed by atoms with van der Waals surface area (Å²) in [6.45, 7) is 1.55. The van der Waals surface area contributed by atoms with E-state index in [1.54, 1.807) is 6.07 Å². The van der Waals surface area contributed by atoms with Crippen molar-refractivity contribution in [1.29, 1.82) is 5.26 Å². The van der Waals surface area contributed by atoms with Gasteiger partial charge in [0, 0.05) is 12.0 Å². The van der Waals surface area contributed by atoms with Gasteiger partial charge in [0.1, 0.15) is 19.0 Å². The predicted molar refractivity (Wildman–Crippen MR) is 96.4 cm³/mol. The molecular weight excluding hydrogens is 327 g/mol. The zero-order chi connectivity index (χ0) is 16.7. The van der Waals surface area contributed by atoms with Crippen LogP contribution in [-0.4, -0.2) is 19.3 Å². The fourth-order valence-electron chi connectivity index (χ4n) is 2.58. The molecular formula is C19H22ClFN2O. The Labute approximate surface area is 148 Å². The minimum atomic E-state index is -0.496. The van der Waals surface area contributed by atoms with Crippen LogP contribution in [0, 0.1) is 11.3 Å². The lowest BCUT2D eigenvalue weighted by molar-refractivity contribution is 0.273. The van der Waals surface area contributed by atoms with E-state index >= 15 is 0 Å². The van der Waals surface area contributed by atoms with E-state index in [-0.39, 0.29) is 31.0 Å². The van der Waals surface area contributed by atoms with Crippen LogP contribution in [0.1, 0.15) is 29.5 Å². The minimum absolute atomic E-state index is 0. The Morgan fingerprint density at radius 3 is 2.50 bits per heavy atom. The molecule has 2 aromatic carbocycles. The molecule has 0 amide bonds. The molecule has 2 rings (SSSR count). The van der Waals surface area contributed by atoms with E-state index in [0.717, 1.165) is 17.5 Å². The average molecular weight is 349 g/mol. The molecule has 0 saturated heterocycles. The first-order chi connectivity index (χ1) is 11.1. The summed E-state index contributed by atoms with van der Waals surface area (Å²) in [6.07, 6.45) is 0.774. The van der Waals surface area contributed by atoms with Gasteiger partial charge < -0.3 is 10.5 Å². The fourth-order valence-corrected chi connectivity index (χ4v) is 2.58. The van der Waals surface area contributed by atoms with Crippen LogP contribution >= 0.6 is 12.4 Å². The molecule has 0 heterocycles. The highest BCUT2D eigenvalue weighted by Gasteiger charge is 2.17. The van der Waals surface area contributed by atoms with Crippen molar-refractivity contribution in [3.8, 4) is 11.8 Å². The molecule has 0 fully saturated rings. The van der Waals surface area contributed by atoms with Gasteiger partial charge in [0.15, 0.2) is 0 Å². The molecule has 3 nitrogen and oxygen atoms in total. The van der Waals surface area contributed by atoms with Gasteiger partial charge in [0.05, 0.1) is 11.6 Å². The van der Waals surface area contributed by atoms with Crippen molar-refractivity contribution in [2.75, 3.05) is 13.3 Å². The number of benzene rings is 2. The lowest BCUT2D eigenvalue weighted by atomic mass is 9.86. The molecule has 0 saturated carbocycles. The lowest BCUT2D eigenvalue weighted by Crippen LogP contribution is -2.26. The van der Waals surface area contributed by atoms with E-state index in [4.69, 9.17) is 15.7 Å². The Balaban J connectivity index is 0.00000288. The van der Waals surface area contributed by atoms with Crippen LogP contribution in [-0.2, 0) is 6.42 Å². The maximum absolute atomic E-state index is 12.1. The molecule has 5 heteroatoms. The molecule has 0 spiro atoms. The van der Waals surface area contributed by atoms with E-state index in [0.29, 0.717) is 11.3 Å². The van der Waals surface area contributed by atoms with E-state index < -0.39 is 6.67 Å². The van der Waals surface area contributed by atoms with Crippen molar-refractivity contribution < 1.29 is 9.13 Å². The number of hydrogen-bond donors (Lipinski definition) is 1. The summed E-state index contributed by atoms with van der Waals surface area (Å²) in [7, 11) is 0. The third-order valence-corrected chi connectivity index (χ3v) is 3.80. The van der Waals surface area contributed by atoms with Crippen LogP contribution in [0.3, 0.4) is 0 Å². The number of nitrogens with two attached hydrogens (primary N) is 1. The van der Waals surface area contributed by atoms with Crippen LogP contribution in [0.5, 0.6) is 5.75 Å². The van der Waals surface area contributed by atoms with Crippen LogP contribution in [0.2, 0.25) is 0 Å². The highest BCUT2D eigenvalue weighted by Crippen LogP contribution is 2.25. The quantitative estimate of drug-likeness (QED) is 0.822. The molecule has 0 aliphatic carbocycles. The maximum atomic E-state index is 12.1. The molecule has 0 aliphatic rings. The minimum Gasteiger partial charge on any atom is -0.491 e. The number of nitrogens with zero attached hydrogens (tertiary/aromatic N) is 1. The molecule has 2 aromatic rings. The zero-order valence-electron chi connectivity index (χ0n) is 13.6. The van der Waals surface area contributed by atoms with Crippen molar-refractivity contribution in [3.05, 3.63) is 65.2 Å².